The molecule has 0 bridgehead atoms. The molecule has 0 saturated heterocycles. The summed E-state index contributed by atoms with van der Waals surface area (Å²) >= 11 is 0. The predicted octanol–water partition coefficient (Wildman–Crippen LogP) is 3.08. The summed E-state index contributed by atoms with van der Waals surface area (Å²) in [7, 11) is -1.40. The summed E-state index contributed by atoms with van der Waals surface area (Å²) in [6.07, 6.45) is 0. The van der Waals surface area contributed by atoms with Gasteiger partial charge >= 0.3 is 5.97 Å². The smallest absolute Gasteiger partial charge is 0.338 e. The van der Waals surface area contributed by atoms with Crippen molar-refractivity contribution in [1.82, 2.24) is 0 Å². The van der Waals surface area contributed by atoms with Crippen LogP contribution in [0.25, 0.3) is 0 Å². The summed E-state index contributed by atoms with van der Waals surface area (Å²) < 4.78 is 17.1. The van der Waals surface area contributed by atoms with Gasteiger partial charge in [-0.3, -0.25) is 14.3 Å². The summed E-state index contributed by atoms with van der Waals surface area (Å²) in [4.78, 5) is 22.9. The average molecular weight is 333 g/mol. The Morgan fingerprint density at radius 1 is 1.22 bits per heavy atom. The quantitative estimate of drug-likeness (QED) is 0.460. The van der Waals surface area contributed by atoms with E-state index in [4.69, 9.17) is 4.74 Å². The van der Waals surface area contributed by atoms with E-state index in [0.29, 0.717) is 10.5 Å². The number of carbonyl (C=O) groups excluding carboxylic acids is 1. The Balaban J connectivity index is 2.30. The van der Waals surface area contributed by atoms with Crippen LogP contribution in [0.4, 0.5) is 5.69 Å². The Hall–Kier alpha value is -2.54. The first kappa shape index (κ1) is 16.8. The monoisotopic (exact) mass is 333 g/mol. The van der Waals surface area contributed by atoms with E-state index in [9.17, 15) is 19.1 Å². The van der Waals surface area contributed by atoms with E-state index in [-0.39, 0.29) is 23.6 Å². The van der Waals surface area contributed by atoms with Gasteiger partial charge in [0.15, 0.2) is 0 Å². The van der Waals surface area contributed by atoms with Crippen molar-refractivity contribution in [2.24, 2.45) is 0 Å². The zero-order chi connectivity index (χ0) is 16.8. The van der Waals surface area contributed by atoms with E-state index in [0.717, 1.165) is 6.07 Å². The van der Waals surface area contributed by atoms with Crippen molar-refractivity contribution in [3.8, 4) is 0 Å². The van der Waals surface area contributed by atoms with E-state index in [1.165, 1.54) is 12.1 Å². The molecule has 0 aliphatic rings. The lowest BCUT2D eigenvalue weighted by molar-refractivity contribution is -0.385. The molecule has 0 aliphatic heterocycles. The zero-order valence-corrected chi connectivity index (χ0v) is 13.2. The molecule has 0 heterocycles. The van der Waals surface area contributed by atoms with Crippen molar-refractivity contribution >= 4 is 22.5 Å². The van der Waals surface area contributed by atoms with Gasteiger partial charge in [-0.05, 0) is 25.1 Å². The molecule has 0 N–H and O–H groups in total. The van der Waals surface area contributed by atoms with E-state index in [1.807, 2.05) is 0 Å². The molecule has 120 valence electrons. The number of nitrogens with zero attached hydrogens (tertiary/aromatic N) is 1. The first-order valence-corrected chi connectivity index (χ1v) is 8.22. The standard InChI is InChI=1S/C16H15NO5S/c1-2-22-16(18)12-8-9-13(15(10-12)17(19)20)11-23(21)14-6-4-3-5-7-14/h3-10H,2,11H2,1H3/t23-/m0/s1. The highest BCUT2D eigenvalue weighted by Crippen LogP contribution is 2.24. The normalized spacial score (nSPS) is 11.7. The van der Waals surface area contributed by atoms with Gasteiger partial charge in [-0.1, -0.05) is 24.3 Å². The van der Waals surface area contributed by atoms with Crippen molar-refractivity contribution in [2.45, 2.75) is 17.6 Å². The van der Waals surface area contributed by atoms with E-state index >= 15 is 0 Å². The van der Waals surface area contributed by atoms with Gasteiger partial charge in [-0.15, -0.1) is 0 Å². The third-order valence-electron chi connectivity index (χ3n) is 3.09. The Morgan fingerprint density at radius 3 is 2.52 bits per heavy atom. The molecule has 7 heteroatoms. The topological polar surface area (TPSA) is 86.5 Å². The van der Waals surface area contributed by atoms with Gasteiger partial charge in [0.1, 0.15) is 0 Å². The van der Waals surface area contributed by atoms with Crippen LogP contribution in [0.3, 0.4) is 0 Å². The highest BCUT2D eigenvalue weighted by molar-refractivity contribution is 7.84. The van der Waals surface area contributed by atoms with Crippen LogP contribution in [-0.4, -0.2) is 21.7 Å². The largest absolute Gasteiger partial charge is 0.462 e. The lowest BCUT2D eigenvalue weighted by Crippen LogP contribution is -2.07. The fourth-order valence-corrected chi connectivity index (χ4v) is 3.15. The molecule has 6 nitrogen and oxygen atoms in total. The second-order valence-electron chi connectivity index (χ2n) is 4.62. The van der Waals surface area contributed by atoms with Gasteiger partial charge in [0, 0.05) is 16.5 Å². The number of rotatable bonds is 6. The molecule has 0 saturated carbocycles. The summed E-state index contributed by atoms with van der Waals surface area (Å²) in [6, 6.07) is 12.8. The van der Waals surface area contributed by atoms with Crippen LogP contribution in [0.5, 0.6) is 0 Å². The number of ether oxygens (including phenoxy) is 1. The third kappa shape index (κ3) is 4.23. The Morgan fingerprint density at radius 2 is 1.91 bits per heavy atom. The highest BCUT2D eigenvalue weighted by atomic mass is 32.2. The van der Waals surface area contributed by atoms with Crippen LogP contribution in [0.15, 0.2) is 53.4 Å². The second-order valence-corrected chi connectivity index (χ2v) is 6.08. The molecule has 0 radical (unpaired) electrons. The number of nitro benzene ring substituents is 1. The summed E-state index contributed by atoms with van der Waals surface area (Å²) in [6.45, 7) is 1.84. The number of hydrogen-bond donors (Lipinski definition) is 0. The van der Waals surface area contributed by atoms with Crippen LogP contribution in [0.2, 0.25) is 0 Å². The van der Waals surface area contributed by atoms with Crippen molar-refractivity contribution in [2.75, 3.05) is 6.61 Å². The minimum atomic E-state index is -1.40. The van der Waals surface area contributed by atoms with Gasteiger partial charge in [0.25, 0.3) is 5.69 Å². The van der Waals surface area contributed by atoms with Crippen LogP contribution < -0.4 is 0 Å². The van der Waals surface area contributed by atoms with Crippen molar-refractivity contribution in [1.29, 1.82) is 0 Å². The van der Waals surface area contributed by atoms with Crippen molar-refractivity contribution in [3.63, 3.8) is 0 Å². The minimum absolute atomic E-state index is 0.00340. The summed E-state index contributed by atoms with van der Waals surface area (Å²) in [5.74, 6) is -0.616. The van der Waals surface area contributed by atoms with E-state index in [1.54, 1.807) is 37.3 Å². The maximum absolute atomic E-state index is 12.3. The van der Waals surface area contributed by atoms with Gasteiger partial charge in [0.05, 0.1) is 33.6 Å². The number of nitro groups is 1. The molecule has 0 fully saturated rings. The Bertz CT molecular complexity index is 745. The predicted molar refractivity (Wildman–Crippen MR) is 85.6 cm³/mol. The molecule has 2 rings (SSSR count). The Labute approximate surface area is 135 Å². The van der Waals surface area contributed by atoms with Crippen LogP contribution >= 0.6 is 0 Å². The minimum Gasteiger partial charge on any atom is -0.462 e. The molecule has 0 aromatic heterocycles. The van der Waals surface area contributed by atoms with Gasteiger partial charge in [-0.2, -0.15) is 0 Å². The van der Waals surface area contributed by atoms with Gasteiger partial charge < -0.3 is 4.74 Å². The first-order valence-electron chi connectivity index (χ1n) is 6.90. The molecular weight excluding hydrogens is 318 g/mol. The maximum atomic E-state index is 12.3. The number of hydrogen-bond acceptors (Lipinski definition) is 5. The molecule has 0 amide bonds. The number of esters is 1. The van der Waals surface area contributed by atoms with E-state index < -0.39 is 21.7 Å². The first-order chi connectivity index (χ1) is 11.0. The summed E-state index contributed by atoms with van der Waals surface area (Å²) in [5.41, 5.74) is 0.179. The maximum Gasteiger partial charge on any atom is 0.338 e. The average Bonchev–Trinajstić information content (AvgIpc) is 2.56. The molecule has 0 aliphatic carbocycles. The van der Waals surface area contributed by atoms with Crippen molar-refractivity contribution in [3.05, 3.63) is 69.8 Å². The van der Waals surface area contributed by atoms with Crippen molar-refractivity contribution < 1.29 is 18.7 Å². The van der Waals surface area contributed by atoms with Crippen LogP contribution in [0, 0.1) is 10.1 Å². The molecule has 2 aromatic carbocycles. The summed E-state index contributed by atoms with van der Waals surface area (Å²) in [5, 5.41) is 11.2. The number of carbonyl (C=O) groups is 1. The zero-order valence-electron chi connectivity index (χ0n) is 12.4. The molecule has 0 unspecified atom stereocenters. The lowest BCUT2D eigenvalue weighted by Gasteiger charge is -2.06. The fourth-order valence-electron chi connectivity index (χ4n) is 1.99. The van der Waals surface area contributed by atoms with Gasteiger partial charge in [-0.25, -0.2) is 4.79 Å². The fraction of sp³-hybridized carbons (Fsp3) is 0.188. The SMILES string of the molecule is CCOC(=O)c1ccc(C[S@](=O)c2ccccc2)c([N+](=O)[O-])c1. The third-order valence-corrected chi connectivity index (χ3v) is 4.46. The number of benzene rings is 2. The molecular formula is C16H15NO5S. The molecule has 2 aromatic rings. The lowest BCUT2D eigenvalue weighted by atomic mass is 10.1. The van der Waals surface area contributed by atoms with Gasteiger partial charge in [0.2, 0.25) is 0 Å². The Kier molecular flexibility index (Phi) is 5.59. The molecule has 1 atom stereocenters. The molecule has 23 heavy (non-hydrogen) atoms. The second kappa shape index (κ2) is 7.64. The van der Waals surface area contributed by atoms with Crippen LogP contribution in [-0.2, 0) is 21.3 Å². The van der Waals surface area contributed by atoms with Crippen LogP contribution in [0.1, 0.15) is 22.8 Å². The van der Waals surface area contributed by atoms with E-state index in [2.05, 4.69) is 0 Å². The highest BCUT2D eigenvalue weighted by Gasteiger charge is 2.20. The molecule has 0 spiro atoms.